The summed E-state index contributed by atoms with van der Waals surface area (Å²) >= 11 is 0. The van der Waals surface area contributed by atoms with Crippen molar-refractivity contribution in [2.24, 2.45) is 0 Å². The van der Waals surface area contributed by atoms with E-state index in [4.69, 9.17) is 0 Å². The molecule has 2 N–H and O–H groups in total. The van der Waals surface area contributed by atoms with E-state index < -0.39 is 15.4 Å². The molecule has 0 spiro atoms. The lowest BCUT2D eigenvalue weighted by Crippen LogP contribution is -2.44. The van der Waals surface area contributed by atoms with Crippen LogP contribution >= 0.6 is 0 Å². The molecule has 1 aliphatic carbocycles. The van der Waals surface area contributed by atoms with Gasteiger partial charge >= 0.3 is 0 Å². The van der Waals surface area contributed by atoms with E-state index in [0.717, 1.165) is 25.5 Å². The van der Waals surface area contributed by atoms with Crippen LogP contribution in [0.15, 0.2) is 0 Å². The molecule has 0 aromatic rings. The second-order valence-corrected chi connectivity index (χ2v) is 7.20. The SMILES string of the molecule is CS(=O)(=O)CCC(=O)NCC1(O)CCCCC1. The van der Waals surface area contributed by atoms with Gasteiger partial charge in [0.2, 0.25) is 5.91 Å². The number of carbonyl (C=O) groups excluding carboxylic acids is 1. The van der Waals surface area contributed by atoms with Crippen molar-refractivity contribution in [2.45, 2.75) is 44.1 Å². The first kappa shape index (κ1) is 14.4. The Bertz CT molecular complexity index is 358. The number of hydrogen-bond donors (Lipinski definition) is 2. The highest BCUT2D eigenvalue weighted by molar-refractivity contribution is 7.90. The summed E-state index contributed by atoms with van der Waals surface area (Å²) in [5, 5.41) is 12.7. The van der Waals surface area contributed by atoms with E-state index in [2.05, 4.69) is 5.32 Å². The van der Waals surface area contributed by atoms with Crippen LogP contribution in [-0.4, -0.2) is 43.6 Å². The zero-order valence-electron chi connectivity index (χ0n) is 10.2. The average molecular weight is 263 g/mol. The zero-order chi connectivity index (χ0) is 12.9. The molecular weight excluding hydrogens is 242 g/mol. The molecule has 0 atom stereocenters. The van der Waals surface area contributed by atoms with Crippen LogP contribution in [0.3, 0.4) is 0 Å². The van der Waals surface area contributed by atoms with Crippen molar-refractivity contribution in [3.05, 3.63) is 0 Å². The number of aliphatic hydroxyl groups is 1. The molecule has 5 nitrogen and oxygen atoms in total. The molecule has 6 heteroatoms. The van der Waals surface area contributed by atoms with Crippen LogP contribution in [0.1, 0.15) is 38.5 Å². The lowest BCUT2D eigenvalue weighted by atomic mass is 9.85. The summed E-state index contributed by atoms with van der Waals surface area (Å²) in [6, 6.07) is 0. The van der Waals surface area contributed by atoms with Gasteiger partial charge in [0.15, 0.2) is 0 Å². The molecule has 1 amide bonds. The number of amides is 1. The molecule has 0 radical (unpaired) electrons. The van der Waals surface area contributed by atoms with Gasteiger partial charge in [0.05, 0.1) is 11.4 Å². The van der Waals surface area contributed by atoms with Crippen LogP contribution in [0.2, 0.25) is 0 Å². The van der Waals surface area contributed by atoms with Crippen molar-refractivity contribution in [3.63, 3.8) is 0 Å². The van der Waals surface area contributed by atoms with Crippen molar-refractivity contribution in [3.8, 4) is 0 Å². The average Bonchev–Trinajstić information content (AvgIpc) is 2.24. The van der Waals surface area contributed by atoms with Crippen molar-refractivity contribution in [1.82, 2.24) is 5.32 Å². The lowest BCUT2D eigenvalue weighted by molar-refractivity contribution is -0.122. The highest BCUT2D eigenvalue weighted by atomic mass is 32.2. The predicted octanol–water partition coefficient (Wildman–Crippen LogP) is 0.232. The molecule has 1 fully saturated rings. The molecule has 1 saturated carbocycles. The molecule has 0 saturated heterocycles. The number of rotatable bonds is 5. The monoisotopic (exact) mass is 263 g/mol. The van der Waals surface area contributed by atoms with Gasteiger partial charge in [-0.15, -0.1) is 0 Å². The predicted molar refractivity (Wildman–Crippen MR) is 65.4 cm³/mol. The van der Waals surface area contributed by atoms with Gasteiger partial charge in [0.1, 0.15) is 9.84 Å². The third-order valence-corrected chi connectivity index (χ3v) is 4.04. The summed E-state index contributed by atoms with van der Waals surface area (Å²) in [5.41, 5.74) is -0.793. The molecule has 0 aromatic carbocycles. The normalized spacial score (nSPS) is 19.9. The van der Waals surface area contributed by atoms with Gasteiger partial charge in [0.25, 0.3) is 0 Å². The molecule has 17 heavy (non-hydrogen) atoms. The fourth-order valence-corrected chi connectivity index (χ4v) is 2.57. The molecule has 0 unspecified atom stereocenters. The fourth-order valence-electron chi connectivity index (χ4n) is 2.02. The van der Waals surface area contributed by atoms with Gasteiger partial charge in [-0.3, -0.25) is 4.79 Å². The molecule has 0 aliphatic heterocycles. The van der Waals surface area contributed by atoms with E-state index in [1.807, 2.05) is 0 Å². The van der Waals surface area contributed by atoms with Crippen molar-refractivity contribution in [2.75, 3.05) is 18.6 Å². The van der Waals surface area contributed by atoms with Crippen LogP contribution in [0.5, 0.6) is 0 Å². The smallest absolute Gasteiger partial charge is 0.221 e. The van der Waals surface area contributed by atoms with Crippen molar-refractivity contribution < 1.29 is 18.3 Å². The molecule has 0 aromatic heterocycles. The molecule has 0 heterocycles. The number of hydrogen-bond acceptors (Lipinski definition) is 4. The van der Waals surface area contributed by atoms with Gasteiger partial charge in [-0.2, -0.15) is 0 Å². The number of sulfone groups is 1. The van der Waals surface area contributed by atoms with Crippen LogP contribution in [0.25, 0.3) is 0 Å². The molecule has 0 bridgehead atoms. The maximum atomic E-state index is 11.4. The topological polar surface area (TPSA) is 83.5 Å². The first-order chi connectivity index (χ1) is 7.81. The second-order valence-electron chi connectivity index (χ2n) is 4.94. The van der Waals surface area contributed by atoms with E-state index in [9.17, 15) is 18.3 Å². The third kappa shape index (κ3) is 6.02. The highest BCUT2D eigenvalue weighted by Crippen LogP contribution is 2.27. The van der Waals surface area contributed by atoms with E-state index in [-0.39, 0.29) is 24.6 Å². The first-order valence-electron chi connectivity index (χ1n) is 5.98. The van der Waals surface area contributed by atoms with E-state index in [0.29, 0.717) is 12.8 Å². The van der Waals surface area contributed by atoms with Crippen LogP contribution in [-0.2, 0) is 14.6 Å². The Balaban J connectivity index is 2.27. The van der Waals surface area contributed by atoms with Gasteiger partial charge in [0, 0.05) is 19.2 Å². The standard InChI is InChI=1S/C11H21NO4S/c1-17(15,16)8-5-10(13)12-9-11(14)6-3-2-4-7-11/h14H,2-9H2,1H3,(H,12,13). The molecule has 1 aliphatic rings. The van der Waals surface area contributed by atoms with Crippen LogP contribution < -0.4 is 5.32 Å². The summed E-state index contributed by atoms with van der Waals surface area (Å²) in [4.78, 5) is 11.4. The Kier molecular flexibility index (Phi) is 4.94. The largest absolute Gasteiger partial charge is 0.388 e. The summed E-state index contributed by atoms with van der Waals surface area (Å²) < 4.78 is 21.8. The Morgan fingerprint density at radius 3 is 2.41 bits per heavy atom. The van der Waals surface area contributed by atoms with Gasteiger partial charge in [-0.05, 0) is 12.8 Å². The molecular formula is C11H21NO4S. The lowest BCUT2D eigenvalue weighted by Gasteiger charge is -2.32. The maximum Gasteiger partial charge on any atom is 0.221 e. The summed E-state index contributed by atoms with van der Waals surface area (Å²) in [5.74, 6) is -0.452. The van der Waals surface area contributed by atoms with Gasteiger partial charge < -0.3 is 10.4 Å². The molecule has 1 rings (SSSR count). The summed E-state index contributed by atoms with van der Waals surface area (Å²) in [7, 11) is -3.10. The minimum Gasteiger partial charge on any atom is -0.388 e. The minimum atomic E-state index is -3.10. The minimum absolute atomic E-state index is 0.0328. The second kappa shape index (κ2) is 5.82. The van der Waals surface area contributed by atoms with E-state index in [1.54, 1.807) is 0 Å². The zero-order valence-corrected chi connectivity index (χ0v) is 11.1. The van der Waals surface area contributed by atoms with Crippen molar-refractivity contribution >= 4 is 15.7 Å². The fraction of sp³-hybridized carbons (Fsp3) is 0.909. The Morgan fingerprint density at radius 2 is 1.88 bits per heavy atom. The molecule has 100 valence electrons. The van der Waals surface area contributed by atoms with E-state index in [1.165, 1.54) is 0 Å². The summed E-state index contributed by atoms with van der Waals surface area (Å²) in [6.07, 6.45) is 5.58. The maximum absolute atomic E-state index is 11.4. The van der Waals surface area contributed by atoms with Crippen LogP contribution in [0, 0.1) is 0 Å². The van der Waals surface area contributed by atoms with Crippen LogP contribution in [0.4, 0.5) is 0 Å². The number of carbonyl (C=O) groups is 1. The third-order valence-electron chi connectivity index (χ3n) is 3.10. The first-order valence-corrected chi connectivity index (χ1v) is 8.04. The number of nitrogens with one attached hydrogen (secondary N) is 1. The van der Waals surface area contributed by atoms with Gasteiger partial charge in [-0.25, -0.2) is 8.42 Å². The van der Waals surface area contributed by atoms with Crippen molar-refractivity contribution in [1.29, 1.82) is 0 Å². The summed E-state index contributed by atoms with van der Waals surface area (Å²) in [6.45, 7) is 0.232. The Labute approximate surface area is 103 Å². The quantitative estimate of drug-likeness (QED) is 0.744. The Hall–Kier alpha value is -0.620. The Morgan fingerprint density at radius 1 is 1.29 bits per heavy atom. The van der Waals surface area contributed by atoms with Gasteiger partial charge in [-0.1, -0.05) is 19.3 Å². The highest BCUT2D eigenvalue weighted by Gasteiger charge is 2.29. The van der Waals surface area contributed by atoms with E-state index >= 15 is 0 Å².